The Kier molecular flexibility index (Phi) is 4.41. The molecular weight excluding hydrogens is 353 g/mol. The molecule has 0 bridgehead atoms. The van der Waals surface area contributed by atoms with Gasteiger partial charge in [-0.25, -0.2) is 9.37 Å². The molecule has 1 fully saturated rings. The number of anilines is 3. The Bertz CT molecular complexity index is 1010. The normalized spacial score (nSPS) is 20.0. The third-order valence-corrected chi connectivity index (χ3v) is 6.15. The Balaban J connectivity index is 1.65. The Hall–Kier alpha value is -2.63. The summed E-state index contributed by atoms with van der Waals surface area (Å²) in [7, 11) is 0. The Morgan fingerprint density at radius 1 is 1.14 bits per heavy atom. The van der Waals surface area contributed by atoms with Crippen LogP contribution < -0.4 is 10.6 Å². The second-order valence-electron chi connectivity index (χ2n) is 8.12. The van der Waals surface area contributed by atoms with E-state index in [4.69, 9.17) is 4.98 Å². The van der Waals surface area contributed by atoms with Gasteiger partial charge in [-0.2, -0.15) is 0 Å². The van der Waals surface area contributed by atoms with Gasteiger partial charge in [0, 0.05) is 29.5 Å². The Labute approximate surface area is 164 Å². The molecule has 2 aromatic heterocycles. The number of aromatic nitrogens is 3. The summed E-state index contributed by atoms with van der Waals surface area (Å²) in [4.78, 5) is 8.84. The Morgan fingerprint density at radius 3 is 2.82 bits per heavy atom. The molecule has 3 aromatic rings. The number of nitrogens with one attached hydrogen (secondary N) is 2. The fourth-order valence-electron chi connectivity index (χ4n) is 4.70. The molecule has 0 amide bonds. The van der Waals surface area contributed by atoms with Crippen LogP contribution in [0.2, 0.25) is 0 Å². The second kappa shape index (κ2) is 7.08. The molecule has 3 heterocycles. The molecule has 0 unspecified atom stereocenters. The molecule has 28 heavy (non-hydrogen) atoms. The molecule has 0 spiro atoms. The first kappa shape index (κ1) is 17.5. The molecule has 0 saturated heterocycles. The van der Waals surface area contributed by atoms with Gasteiger partial charge in [0.15, 0.2) is 5.82 Å². The van der Waals surface area contributed by atoms with E-state index in [0.717, 1.165) is 42.7 Å². The molecule has 0 radical (unpaired) electrons. The fourth-order valence-corrected chi connectivity index (χ4v) is 4.70. The van der Waals surface area contributed by atoms with Gasteiger partial charge in [-0.05, 0) is 50.8 Å². The highest BCUT2D eigenvalue weighted by molar-refractivity contribution is 5.88. The van der Waals surface area contributed by atoms with Crippen LogP contribution in [-0.2, 0) is 6.42 Å². The first-order valence-electron chi connectivity index (χ1n) is 10.4. The quantitative estimate of drug-likeness (QED) is 0.625. The van der Waals surface area contributed by atoms with E-state index in [2.05, 4.69) is 39.2 Å². The van der Waals surface area contributed by atoms with Crippen LogP contribution in [0.3, 0.4) is 0 Å². The van der Waals surface area contributed by atoms with Crippen molar-refractivity contribution in [3.8, 4) is 0 Å². The van der Waals surface area contributed by atoms with E-state index in [-0.39, 0.29) is 5.82 Å². The maximum Gasteiger partial charge on any atom is 0.208 e. The smallest absolute Gasteiger partial charge is 0.208 e. The van der Waals surface area contributed by atoms with Crippen molar-refractivity contribution in [2.75, 3.05) is 10.6 Å². The number of fused-ring (bicyclic) bond motifs is 3. The highest BCUT2D eigenvalue weighted by atomic mass is 19.1. The van der Waals surface area contributed by atoms with Crippen molar-refractivity contribution in [3.63, 3.8) is 0 Å². The Morgan fingerprint density at radius 2 is 2.00 bits per heavy atom. The van der Waals surface area contributed by atoms with E-state index in [0.29, 0.717) is 17.8 Å². The number of pyridine rings is 1. The van der Waals surface area contributed by atoms with Gasteiger partial charge in [0.25, 0.3) is 0 Å². The third-order valence-electron chi connectivity index (χ3n) is 6.15. The lowest BCUT2D eigenvalue weighted by molar-refractivity contribution is 0.362. The minimum Gasteiger partial charge on any atom is -0.382 e. The lowest BCUT2D eigenvalue weighted by Crippen LogP contribution is -2.22. The number of hydrogen-bond acceptors (Lipinski definition) is 4. The maximum absolute atomic E-state index is 14.2. The summed E-state index contributed by atoms with van der Waals surface area (Å²) >= 11 is 0. The largest absolute Gasteiger partial charge is 0.382 e. The topological polar surface area (TPSA) is 54.8 Å². The number of imidazole rings is 1. The van der Waals surface area contributed by atoms with Crippen molar-refractivity contribution in [1.29, 1.82) is 0 Å². The highest BCUT2D eigenvalue weighted by Gasteiger charge is 2.25. The van der Waals surface area contributed by atoms with Crippen LogP contribution in [0.4, 0.5) is 21.7 Å². The summed E-state index contributed by atoms with van der Waals surface area (Å²) in [5.41, 5.74) is 5.07. The second-order valence-corrected chi connectivity index (χ2v) is 8.12. The summed E-state index contributed by atoms with van der Waals surface area (Å²) < 4.78 is 16.6. The molecule has 1 aliphatic carbocycles. The number of benzene rings is 1. The molecular formula is C22H26FN5. The van der Waals surface area contributed by atoms with E-state index in [1.807, 2.05) is 0 Å². The van der Waals surface area contributed by atoms with Gasteiger partial charge in [0.05, 0.1) is 22.9 Å². The van der Waals surface area contributed by atoms with Crippen molar-refractivity contribution in [1.82, 2.24) is 14.5 Å². The van der Waals surface area contributed by atoms with E-state index in [1.54, 1.807) is 12.3 Å². The van der Waals surface area contributed by atoms with Crippen LogP contribution in [0, 0.1) is 5.82 Å². The molecule has 1 atom stereocenters. The van der Waals surface area contributed by atoms with Crippen LogP contribution in [0.15, 0.2) is 30.6 Å². The van der Waals surface area contributed by atoms with Gasteiger partial charge in [-0.3, -0.25) is 4.98 Å². The summed E-state index contributed by atoms with van der Waals surface area (Å²) in [6, 6.07) is 6.91. The predicted octanol–water partition coefficient (Wildman–Crippen LogP) is 5.57. The molecule has 146 valence electrons. The van der Waals surface area contributed by atoms with Crippen LogP contribution in [-0.4, -0.2) is 20.6 Å². The van der Waals surface area contributed by atoms with Crippen LogP contribution in [0.5, 0.6) is 0 Å². The lowest BCUT2D eigenvalue weighted by atomic mass is 9.94. The van der Waals surface area contributed by atoms with Crippen molar-refractivity contribution in [2.45, 2.75) is 64.0 Å². The summed E-state index contributed by atoms with van der Waals surface area (Å²) in [5, 5.41) is 6.84. The zero-order valence-electron chi connectivity index (χ0n) is 16.2. The standard InChI is InChI=1S/C22H26FN5/c1-14-7-8-16-18(25-14)9-10-20-21(16)27-22(26-19-11-12-24-13-17(19)23)28(20)15-5-3-2-4-6-15/h9-15,25H,2-8H2,1H3,(H,24,26,27)/t14-/m0/s1. The van der Waals surface area contributed by atoms with E-state index in [9.17, 15) is 4.39 Å². The van der Waals surface area contributed by atoms with Gasteiger partial charge in [0.1, 0.15) is 0 Å². The zero-order valence-corrected chi connectivity index (χ0v) is 16.2. The van der Waals surface area contributed by atoms with Gasteiger partial charge in [-0.15, -0.1) is 0 Å². The molecule has 2 N–H and O–H groups in total. The van der Waals surface area contributed by atoms with E-state index in [1.165, 1.54) is 36.7 Å². The van der Waals surface area contributed by atoms with E-state index < -0.39 is 0 Å². The maximum atomic E-state index is 14.2. The molecule has 5 rings (SSSR count). The zero-order chi connectivity index (χ0) is 19.1. The number of hydrogen-bond donors (Lipinski definition) is 2. The monoisotopic (exact) mass is 379 g/mol. The molecule has 1 saturated carbocycles. The van der Waals surface area contributed by atoms with Crippen LogP contribution in [0.25, 0.3) is 11.0 Å². The minimum atomic E-state index is -0.359. The number of aryl methyl sites for hydroxylation is 1. The van der Waals surface area contributed by atoms with Gasteiger partial charge >= 0.3 is 0 Å². The van der Waals surface area contributed by atoms with Gasteiger partial charge in [0.2, 0.25) is 5.95 Å². The molecule has 1 aliphatic heterocycles. The fraction of sp³-hybridized carbons (Fsp3) is 0.455. The predicted molar refractivity (Wildman–Crippen MR) is 111 cm³/mol. The van der Waals surface area contributed by atoms with E-state index >= 15 is 0 Å². The summed E-state index contributed by atoms with van der Waals surface area (Å²) in [6.07, 6.45) is 11.0. The molecule has 2 aliphatic rings. The molecule has 5 nitrogen and oxygen atoms in total. The van der Waals surface area contributed by atoms with Crippen molar-refractivity contribution >= 4 is 28.4 Å². The van der Waals surface area contributed by atoms with Gasteiger partial charge in [-0.1, -0.05) is 19.3 Å². The van der Waals surface area contributed by atoms with Crippen molar-refractivity contribution < 1.29 is 4.39 Å². The first-order chi connectivity index (χ1) is 13.7. The summed E-state index contributed by atoms with van der Waals surface area (Å²) in [6.45, 7) is 2.22. The third kappa shape index (κ3) is 3.01. The molecule has 1 aromatic carbocycles. The average Bonchev–Trinajstić information content (AvgIpc) is 3.08. The van der Waals surface area contributed by atoms with Crippen molar-refractivity contribution in [2.24, 2.45) is 0 Å². The van der Waals surface area contributed by atoms with Gasteiger partial charge < -0.3 is 15.2 Å². The molecule has 6 heteroatoms. The highest BCUT2D eigenvalue weighted by Crippen LogP contribution is 2.39. The first-order valence-corrected chi connectivity index (χ1v) is 10.4. The lowest BCUT2D eigenvalue weighted by Gasteiger charge is -2.27. The van der Waals surface area contributed by atoms with Crippen LogP contribution in [0.1, 0.15) is 57.1 Å². The summed E-state index contributed by atoms with van der Waals surface area (Å²) in [5.74, 6) is 0.376. The average molecular weight is 379 g/mol. The SMILES string of the molecule is C[C@H]1CCc2c(ccc3c2nc(Nc2ccncc2F)n3C2CCCCC2)N1. The minimum absolute atomic E-state index is 0.359. The van der Waals surface area contributed by atoms with Crippen LogP contribution >= 0.6 is 0 Å². The van der Waals surface area contributed by atoms with Crippen molar-refractivity contribution in [3.05, 3.63) is 42.0 Å². The number of nitrogens with zero attached hydrogens (tertiary/aromatic N) is 3. The number of rotatable bonds is 3. The number of halogens is 1.